The summed E-state index contributed by atoms with van der Waals surface area (Å²) in [6.45, 7) is 0.544. The van der Waals surface area contributed by atoms with Crippen LogP contribution in [0.2, 0.25) is 0 Å². The van der Waals surface area contributed by atoms with Crippen LogP contribution in [0.5, 0.6) is 5.75 Å². The van der Waals surface area contributed by atoms with Gasteiger partial charge in [-0.3, -0.25) is 10.0 Å². The van der Waals surface area contributed by atoms with E-state index in [1.807, 2.05) is 54.6 Å². The number of carbonyl (C=O) groups is 1. The molecular weight excluding hydrogens is 266 g/mol. The number of carbonyl (C=O) groups excluding carboxylic acids is 1. The number of amides is 1. The van der Waals surface area contributed by atoms with Crippen molar-refractivity contribution in [2.45, 2.75) is 19.3 Å². The SMILES string of the molecule is O=C(CCCCOc1ccccc1-c1ccccc1)NO. The monoisotopic (exact) mass is 285 g/mol. The van der Waals surface area contributed by atoms with Gasteiger partial charge in [-0.25, -0.2) is 5.48 Å². The minimum Gasteiger partial charge on any atom is -0.493 e. The molecule has 0 aliphatic carbocycles. The predicted molar refractivity (Wildman–Crippen MR) is 81.2 cm³/mol. The van der Waals surface area contributed by atoms with E-state index in [0.717, 1.165) is 23.3 Å². The van der Waals surface area contributed by atoms with Gasteiger partial charge in [0.2, 0.25) is 5.91 Å². The molecule has 110 valence electrons. The molecule has 4 heteroatoms. The Hall–Kier alpha value is -2.33. The number of ether oxygens (including phenoxy) is 1. The lowest BCUT2D eigenvalue weighted by Crippen LogP contribution is -2.18. The normalized spacial score (nSPS) is 10.1. The van der Waals surface area contributed by atoms with E-state index in [2.05, 4.69) is 0 Å². The fraction of sp³-hybridized carbons (Fsp3) is 0.235. The van der Waals surface area contributed by atoms with Crippen LogP contribution in [-0.2, 0) is 4.79 Å². The second-order valence-corrected chi connectivity index (χ2v) is 4.70. The van der Waals surface area contributed by atoms with Gasteiger partial charge in [-0.15, -0.1) is 0 Å². The molecule has 2 N–H and O–H groups in total. The van der Waals surface area contributed by atoms with Crippen molar-refractivity contribution in [2.75, 3.05) is 6.61 Å². The van der Waals surface area contributed by atoms with Gasteiger partial charge in [0, 0.05) is 12.0 Å². The van der Waals surface area contributed by atoms with E-state index < -0.39 is 0 Å². The van der Waals surface area contributed by atoms with Gasteiger partial charge in [-0.1, -0.05) is 48.5 Å². The van der Waals surface area contributed by atoms with Crippen LogP contribution in [0.1, 0.15) is 19.3 Å². The van der Waals surface area contributed by atoms with Crippen molar-refractivity contribution in [3.05, 3.63) is 54.6 Å². The number of para-hydroxylation sites is 1. The standard InChI is InChI=1S/C17H19NO3/c19-17(18-20)12-6-7-13-21-16-11-5-4-10-15(16)14-8-2-1-3-9-14/h1-5,8-11,20H,6-7,12-13H2,(H,18,19). The molecule has 2 aromatic carbocycles. The van der Waals surface area contributed by atoms with Gasteiger partial charge in [0.15, 0.2) is 0 Å². The van der Waals surface area contributed by atoms with E-state index >= 15 is 0 Å². The van der Waals surface area contributed by atoms with Crippen molar-refractivity contribution in [3.8, 4) is 16.9 Å². The maximum atomic E-state index is 10.9. The van der Waals surface area contributed by atoms with Gasteiger partial charge in [-0.05, 0) is 24.5 Å². The van der Waals surface area contributed by atoms with E-state index in [0.29, 0.717) is 19.4 Å². The molecule has 0 fully saturated rings. The van der Waals surface area contributed by atoms with E-state index in [1.54, 1.807) is 5.48 Å². The first-order chi connectivity index (χ1) is 10.3. The third-order valence-corrected chi connectivity index (χ3v) is 3.15. The largest absolute Gasteiger partial charge is 0.493 e. The zero-order valence-corrected chi connectivity index (χ0v) is 11.8. The Morgan fingerprint density at radius 3 is 2.48 bits per heavy atom. The second kappa shape index (κ2) is 8.07. The van der Waals surface area contributed by atoms with Gasteiger partial charge in [0.25, 0.3) is 0 Å². The Morgan fingerprint density at radius 1 is 1.00 bits per heavy atom. The summed E-state index contributed by atoms with van der Waals surface area (Å²) in [6, 6.07) is 18.0. The highest BCUT2D eigenvalue weighted by Gasteiger charge is 2.05. The molecule has 2 rings (SSSR count). The molecule has 0 radical (unpaired) electrons. The molecule has 0 aliphatic heterocycles. The van der Waals surface area contributed by atoms with Crippen molar-refractivity contribution in [1.29, 1.82) is 0 Å². The number of benzene rings is 2. The topological polar surface area (TPSA) is 58.6 Å². The molecule has 2 aromatic rings. The minimum atomic E-state index is -0.361. The summed E-state index contributed by atoms with van der Waals surface area (Å²) in [6.07, 6.45) is 1.75. The smallest absolute Gasteiger partial charge is 0.243 e. The number of hydroxylamine groups is 1. The molecule has 0 saturated carbocycles. The van der Waals surface area contributed by atoms with Crippen molar-refractivity contribution in [3.63, 3.8) is 0 Å². The lowest BCUT2D eigenvalue weighted by molar-refractivity contribution is -0.129. The fourth-order valence-electron chi connectivity index (χ4n) is 2.07. The third kappa shape index (κ3) is 4.61. The average Bonchev–Trinajstić information content (AvgIpc) is 2.55. The highest BCUT2D eigenvalue weighted by atomic mass is 16.5. The zero-order chi connectivity index (χ0) is 14.9. The first kappa shape index (κ1) is 15.1. The Kier molecular flexibility index (Phi) is 5.79. The van der Waals surface area contributed by atoms with Gasteiger partial charge < -0.3 is 4.74 Å². The number of hydrogen-bond donors (Lipinski definition) is 2. The first-order valence-corrected chi connectivity index (χ1v) is 7.01. The van der Waals surface area contributed by atoms with Crippen molar-refractivity contribution < 1.29 is 14.7 Å². The average molecular weight is 285 g/mol. The predicted octanol–water partition coefficient (Wildman–Crippen LogP) is 3.41. The molecular formula is C17H19NO3. The van der Waals surface area contributed by atoms with Crippen LogP contribution in [0, 0.1) is 0 Å². The number of unbranched alkanes of at least 4 members (excludes halogenated alkanes) is 1. The number of nitrogens with one attached hydrogen (secondary N) is 1. The Balaban J connectivity index is 1.91. The van der Waals surface area contributed by atoms with Crippen LogP contribution in [-0.4, -0.2) is 17.7 Å². The zero-order valence-electron chi connectivity index (χ0n) is 11.8. The van der Waals surface area contributed by atoms with E-state index in [4.69, 9.17) is 9.94 Å². The summed E-state index contributed by atoms with van der Waals surface area (Å²) in [5.74, 6) is 0.481. The van der Waals surface area contributed by atoms with Crippen molar-refractivity contribution in [2.24, 2.45) is 0 Å². The Morgan fingerprint density at radius 2 is 1.71 bits per heavy atom. The second-order valence-electron chi connectivity index (χ2n) is 4.70. The minimum absolute atomic E-state index is 0.306. The molecule has 0 atom stereocenters. The molecule has 4 nitrogen and oxygen atoms in total. The summed E-state index contributed by atoms with van der Waals surface area (Å²) in [4.78, 5) is 10.9. The summed E-state index contributed by atoms with van der Waals surface area (Å²) in [5.41, 5.74) is 3.80. The first-order valence-electron chi connectivity index (χ1n) is 7.01. The van der Waals surface area contributed by atoms with Crippen LogP contribution >= 0.6 is 0 Å². The van der Waals surface area contributed by atoms with Gasteiger partial charge in [0.1, 0.15) is 5.75 Å². The Bertz CT molecular complexity index is 569. The summed E-state index contributed by atoms with van der Waals surface area (Å²) in [7, 11) is 0. The van der Waals surface area contributed by atoms with Crippen LogP contribution in [0.25, 0.3) is 11.1 Å². The highest BCUT2D eigenvalue weighted by Crippen LogP contribution is 2.29. The molecule has 0 heterocycles. The van der Waals surface area contributed by atoms with Gasteiger partial charge in [0.05, 0.1) is 6.61 Å². The maximum absolute atomic E-state index is 10.9. The third-order valence-electron chi connectivity index (χ3n) is 3.15. The number of rotatable bonds is 7. The van der Waals surface area contributed by atoms with Gasteiger partial charge in [-0.2, -0.15) is 0 Å². The molecule has 0 bridgehead atoms. The lowest BCUT2D eigenvalue weighted by Gasteiger charge is -2.11. The molecule has 0 spiro atoms. The van der Waals surface area contributed by atoms with E-state index in [-0.39, 0.29) is 5.91 Å². The van der Waals surface area contributed by atoms with Crippen LogP contribution in [0.4, 0.5) is 0 Å². The molecule has 1 amide bonds. The summed E-state index contributed by atoms with van der Waals surface area (Å²) in [5, 5.41) is 8.40. The lowest BCUT2D eigenvalue weighted by atomic mass is 10.1. The molecule has 0 saturated heterocycles. The van der Waals surface area contributed by atoms with Crippen LogP contribution in [0.3, 0.4) is 0 Å². The van der Waals surface area contributed by atoms with E-state index in [1.165, 1.54) is 0 Å². The maximum Gasteiger partial charge on any atom is 0.243 e. The van der Waals surface area contributed by atoms with Crippen LogP contribution in [0.15, 0.2) is 54.6 Å². The highest BCUT2D eigenvalue weighted by molar-refractivity contribution is 5.74. The van der Waals surface area contributed by atoms with E-state index in [9.17, 15) is 4.79 Å². The summed E-state index contributed by atoms with van der Waals surface area (Å²) < 4.78 is 5.81. The molecule has 0 aliphatic rings. The van der Waals surface area contributed by atoms with Crippen LogP contribution < -0.4 is 10.2 Å². The van der Waals surface area contributed by atoms with Crippen molar-refractivity contribution in [1.82, 2.24) is 5.48 Å². The molecule has 21 heavy (non-hydrogen) atoms. The van der Waals surface area contributed by atoms with Gasteiger partial charge >= 0.3 is 0 Å². The van der Waals surface area contributed by atoms with Crippen molar-refractivity contribution >= 4 is 5.91 Å². The summed E-state index contributed by atoms with van der Waals surface area (Å²) >= 11 is 0. The quantitative estimate of drug-likeness (QED) is 0.465. The fourth-order valence-corrected chi connectivity index (χ4v) is 2.07. The number of hydrogen-bond acceptors (Lipinski definition) is 3. The molecule has 0 unspecified atom stereocenters. The Labute approximate surface area is 124 Å². The molecule has 0 aromatic heterocycles.